The van der Waals surface area contributed by atoms with Crippen molar-refractivity contribution in [3.63, 3.8) is 0 Å². The first kappa shape index (κ1) is 13.6. The van der Waals surface area contributed by atoms with E-state index in [1.54, 1.807) is 11.3 Å². The van der Waals surface area contributed by atoms with E-state index in [1.165, 1.54) is 7.11 Å². The molecule has 2 heterocycles. The van der Waals surface area contributed by atoms with Crippen molar-refractivity contribution in [2.45, 2.75) is 6.42 Å². The summed E-state index contributed by atoms with van der Waals surface area (Å²) in [4.78, 5) is 19.8. The number of esters is 1. The van der Waals surface area contributed by atoms with Gasteiger partial charge in [-0.25, -0.2) is 4.98 Å². The Hall–Kier alpha value is -0.850. The van der Waals surface area contributed by atoms with Gasteiger partial charge in [-0.05, 0) is 0 Å². The molecule has 0 aromatic carbocycles. The quantitative estimate of drug-likeness (QED) is 0.786. The molecule has 1 fully saturated rings. The Labute approximate surface area is 115 Å². The van der Waals surface area contributed by atoms with Gasteiger partial charge in [0.25, 0.3) is 0 Å². The number of nitrogens with zero attached hydrogens (tertiary/aromatic N) is 3. The van der Waals surface area contributed by atoms with Crippen LogP contribution in [0, 0.1) is 0 Å². The summed E-state index contributed by atoms with van der Waals surface area (Å²) in [7, 11) is 1.42. The molecule has 0 radical (unpaired) electrons. The lowest BCUT2D eigenvalue weighted by Crippen LogP contribution is -2.46. The highest BCUT2D eigenvalue weighted by atomic mass is 35.5. The first-order valence-electron chi connectivity index (χ1n) is 5.84. The highest BCUT2D eigenvalue weighted by Gasteiger charge is 2.19. The van der Waals surface area contributed by atoms with Gasteiger partial charge in [-0.1, -0.05) is 11.6 Å². The van der Waals surface area contributed by atoms with Gasteiger partial charge < -0.3 is 9.64 Å². The molecule has 0 amide bonds. The van der Waals surface area contributed by atoms with Crippen LogP contribution in [0.3, 0.4) is 0 Å². The van der Waals surface area contributed by atoms with Crippen LogP contribution in [0.15, 0.2) is 5.38 Å². The zero-order chi connectivity index (χ0) is 13.0. The van der Waals surface area contributed by atoms with Crippen LogP contribution < -0.4 is 4.90 Å². The molecular weight excluding hydrogens is 274 g/mol. The van der Waals surface area contributed by atoms with Gasteiger partial charge in [-0.2, -0.15) is 0 Å². The number of rotatable bonds is 4. The van der Waals surface area contributed by atoms with Crippen molar-refractivity contribution in [1.82, 2.24) is 9.88 Å². The predicted octanol–water partition coefficient (Wildman–Crippen LogP) is 1.48. The van der Waals surface area contributed by atoms with Crippen molar-refractivity contribution < 1.29 is 9.53 Å². The molecule has 7 heteroatoms. The van der Waals surface area contributed by atoms with Crippen LogP contribution in [0.25, 0.3) is 0 Å². The third-order valence-electron chi connectivity index (χ3n) is 2.97. The van der Waals surface area contributed by atoms with E-state index < -0.39 is 0 Å². The number of thiazole rings is 1. The number of hydrogen-bond donors (Lipinski definition) is 0. The van der Waals surface area contributed by atoms with Crippen LogP contribution in [0.2, 0.25) is 5.15 Å². The summed E-state index contributed by atoms with van der Waals surface area (Å²) in [6.07, 6.45) is 0.458. The zero-order valence-electron chi connectivity index (χ0n) is 10.3. The van der Waals surface area contributed by atoms with Crippen molar-refractivity contribution in [3.8, 4) is 0 Å². The van der Waals surface area contributed by atoms with Gasteiger partial charge in [0.05, 0.1) is 13.5 Å². The average molecular weight is 290 g/mol. The Kier molecular flexibility index (Phi) is 4.79. The van der Waals surface area contributed by atoms with E-state index in [0.29, 0.717) is 11.6 Å². The molecule has 0 atom stereocenters. The molecule has 0 N–H and O–H groups in total. The fourth-order valence-electron chi connectivity index (χ4n) is 1.90. The largest absolute Gasteiger partial charge is 0.469 e. The monoisotopic (exact) mass is 289 g/mol. The minimum atomic E-state index is -0.149. The molecule has 5 nitrogen and oxygen atoms in total. The first-order valence-corrected chi connectivity index (χ1v) is 7.10. The summed E-state index contributed by atoms with van der Waals surface area (Å²) < 4.78 is 4.64. The van der Waals surface area contributed by atoms with Crippen molar-refractivity contribution in [1.29, 1.82) is 0 Å². The number of hydrogen-bond acceptors (Lipinski definition) is 6. The maximum atomic E-state index is 11.1. The normalized spacial score (nSPS) is 16.9. The lowest BCUT2D eigenvalue weighted by atomic mass is 10.3. The number of anilines is 1. The molecular formula is C11H16ClN3O2S. The summed E-state index contributed by atoms with van der Waals surface area (Å²) >= 11 is 7.39. The fraction of sp³-hybridized carbons (Fsp3) is 0.636. The van der Waals surface area contributed by atoms with E-state index in [4.69, 9.17) is 11.6 Å². The second kappa shape index (κ2) is 6.36. The Morgan fingerprint density at radius 2 is 2.22 bits per heavy atom. The third kappa shape index (κ3) is 3.57. The summed E-state index contributed by atoms with van der Waals surface area (Å²) in [6, 6.07) is 0. The van der Waals surface area contributed by atoms with Crippen LogP contribution in [0.1, 0.15) is 6.42 Å². The molecule has 1 aliphatic rings. The van der Waals surface area contributed by atoms with Crippen molar-refractivity contribution >= 4 is 34.0 Å². The smallest absolute Gasteiger partial charge is 0.306 e. The van der Waals surface area contributed by atoms with Gasteiger partial charge in [-0.15, -0.1) is 11.3 Å². The van der Waals surface area contributed by atoms with E-state index >= 15 is 0 Å². The van der Waals surface area contributed by atoms with Crippen LogP contribution in [-0.2, 0) is 9.53 Å². The topological polar surface area (TPSA) is 45.7 Å². The van der Waals surface area contributed by atoms with E-state index in [0.717, 1.165) is 37.9 Å². The summed E-state index contributed by atoms with van der Waals surface area (Å²) in [5.41, 5.74) is 0. The van der Waals surface area contributed by atoms with Crippen LogP contribution in [0.5, 0.6) is 0 Å². The summed E-state index contributed by atoms with van der Waals surface area (Å²) in [5, 5.41) is 3.39. The highest BCUT2D eigenvalue weighted by Crippen LogP contribution is 2.24. The summed E-state index contributed by atoms with van der Waals surface area (Å²) in [6.45, 7) is 4.48. The molecule has 0 saturated carbocycles. The molecule has 1 aliphatic heterocycles. The Morgan fingerprint density at radius 1 is 1.50 bits per heavy atom. The molecule has 0 bridgehead atoms. The van der Waals surface area contributed by atoms with Crippen LogP contribution in [0.4, 0.5) is 5.13 Å². The van der Waals surface area contributed by atoms with Crippen molar-refractivity contribution in [2.75, 3.05) is 44.7 Å². The number of methoxy groups -OCH3 is 1. The number of carbonyl (C=O) groups excluding carboxylic acids is 1. The van der Waals surface area contributed by atoms with Crippen molar-refractivity contribution in [3.05, 3.63) is 10.5 Å². The minimum absolute atomic E-state index is 0.149. The van der Waals surface area contributed by atoms with Crippen LogP contribution in [-0.4, -0.2) is 55.7 Å². The summed E-state index contributed by atoms with van der Waals surface area (Å²) in [5.74, 6) is -0.149. The van der Waals surface area contributed by atoms with Crippen LogP contribution >= 0.6 is 22.9 Å². The van der Waals surface area contributed by atoms with E-state index in [1.807, 2.05) is 5.38 Å². The van der Waals surface area contributed by atoms with Gasteiger partial charge in [0.1, 0.15) is 5.15 Å². The van der Waals surface area contributed by atoms with E-state index in [-0.39, 0.29) is 5.97 Å². The number of aromatic nitrogens is 1. The lowest BCUT2D eigenvalue weighted by molar-refractivity contribution is -0.141. The fourth-order valence-corrected chi connectivity index (χ4v) is 2.91. The molecule has 0 spiro atoms. The minimum Gasteiger partial charge on any atom is -0.469 e. The van der Waals surface area contributed by atoms with Gasteiger partial charge in [0, 0.05) is 38.1 Å². The predicted molar refractivity (Wildman–Crippen MR) is 72.4 cm³/mol. The first-order chi connectivity index (χ1) is 8.69. The SMILES string of the molecule is COC(=O)CCN1CCN(c2nc(Cl)cs2)CC1. The number of piperazine rings is 1. The molecule has 0 aliphatic carbocycles. The average Bonchev–Trinajstić information content (AvgIpc) is 2.83. The number of carbonyl (C=O) groups is 1. The van der Waals surface area contributed by atoms with Gasteiger partial charge in [0.2, 0.25) is 0 Å². The molecule has 1 saturated heterocycles. The third-order valence-corrected chi connectivity index (χ3v) is 4.19. The maximum absolute atomic E-state index is 11.1. The molecule has 1 aromatic heterocycles. The number of ether oxygens (including phenoxy) is 1. The van der Waals surface area contributed by atoms with Gasteiger partial charge in [-0.3, -0.25) is 9.69 Å². The van der Waals surface area contributed by atoms with E-state index in [2.05, 4.69) is 19.5 Å². The molecule has 1 aromatic rings. The van der Waals surface area contributed by atoms with Gasteiger partial charge in [0.15, 0.2) is 5.13 Å². The van der Waals surface area contributed by atoms with Crippen molar-refractivity contribution in [2.24, 2.45) is 0 Å². The molecule has 0 unspecified atom stereocenters. The molecule has 100 valence electrons. The van der Waals surface area contributed by atoms with E-state index in [9.17, 15) is 4.79 Å². The standard InChI is InChI=1S/C11H16ClN3O2S/c1-17-10(16)2-3-14-4-6-15(7-5-14)11-13-9(12)8-18-11/h8H,2-7H2,1H3. The molecule has 18 heavy (non-hydrogen) atoms. The Morgan fingerprint density at radius 3 is 2.78 bits per heavy atom. The molecule has 2 rings (SSSR count). The maximum Gasteiger partial charge on any atom is 0.306 e. The zero-order valence-corrected chi connectivity index (χ0v) is 11.8. The Bertz CT molecular complexity index is 405. The second-order valence-electron chi connectivity index (χ2n) is 4.11. The second-order valence-corrected chi connectivity index (χ2v) is 5.33. The lowest BCUT2D eigenvalue weighted by Gasteiger charge is -2.34. The Balaban J connectivity index is 1.76. The van der Waals surface area contributed by atoms with Gasteiger partial charge >= 0.3 is 5.97 Å². The highest BCUT2D eigenvalue weighted by molar-refractivity contribution is 7.14. The number of halogens is 1.